The van der Waals surface area contributed by atoms with Crippen molar-refractivity contribution in [1.82, 2.24) is 5.32 Å². The van der Waals surface area contributed by atoms with Crippen molar-refractivity contribution in [3.8, 4) is 0 Å². The fourth-order valence-electron chi connectivity index (χ4n) is 1.74. The van der Waals surface area contributed by atoms with E-state index in [4.69, 9.17) is 0 Å². The molecule has 1 heterocycles. The lowest BCUT2D eigenvalue weighted by Crippen LogP contribution is -2.12. The predicted octanol–water partition coefficient (Wildman–Crippen LogP) is 4.28. The molecule has 0 aliphatic heterocycles. The Bertz CT molecular complexity index is 508. The van der Waals surface area contributed by atoms with Crippen molar-refractivity contribution in [2.45, 2.75) is 26.4 Å². The van der Waals surface area contributed by atoms with Gasteiger partial charge in [0.25, 0.3) is 6.43 Å². The molecule has 0 atom stereocenters. The van der Waals surface area contributed by atoms with Crippen LogP contribution in [-0.4, -0.2) is 0 Å². The molecule has 0 saturated heterocycles. The third kappa shape index (κ3) is 3.37. The van der Waals surface area contributed by atoms with Crippen LogP contribution in [-0.2, 0) is 13.1 Å². The van der Waals surface area contributed by atoms with E-state index in [9.17, 15) is 8.78 Å². The smallest absolute Gasteiger partial charge is 0.263 e. The molecule has 2 rings (SSSR count). The van der Waals surface area contributed by atoms with Gasteiger partial charge in [0.05, 0.1) is 0 Å². The molecule has 1 nitrogen and oxygen atoms in total. The van der Waals surface area contributed by atoms with Gasteiger partial charge < -0.3 is 5.32 Å². The van der Waals surface area contributed by atoms with Crippen LogP contribution in [0.15, 0.2) is 35.7 Å². The zero-order valence-electron chi connectivity index (χ0n) is 10.1. The number of alkyl halides is 2. The Hall–Kier alpha value is -1.26. The average molecular weight is 267 g/mol. The molecule has 0 unspecified atom stereocenters. The summed E-state index contributed by atoms with van der Waals surface area (Å²) in [6, 6.07) is 8.63. The molecule has 0 fully saturated rings. The second-order valence-electron chi connectivity index (χ2n) is 4.18. The Labute approximate surface area is 109 Å². The summed E-state index contributed by atoms with van der Waals surface area (Å²) in [5, 5.41) is 5.34. The average Bonchev–Trinajstić information content (AvgIpc) is 2.76. The van der Waals surface area contributed by atoms with E-state index in [0.29, 0.717) is 6.54 Å². The zero-order chi connectivity index (χ0) is 13.0. The van der Waals surface area contributed by atoms with E-state index >= 15 is 0 Å². The van der Waals surface area contributed by atoms with Crippen LogP contribution in [0.4, 0.5) is 8.78 Å². The molecule has 18 heavy (non-hydrogen) atoms. The number of halogens is 2. The highest BCUT2D eigenvalue weighted by Gasteiger charge is 2.06. The van der Waals surface area contributed by atoms with Crippen LogP contribution >= 0.6 is 11.3 Å². The van der Waals surface area contributed by atoms with Crippen molar-refractivity contribution in [3.05, 3.63) is 57.3 Å². The van der Waals surface area contributed by atoms with Crippen LogP contribution in [0, 0.1) is 6.92 Å². The van der Waals surface area contributed by atoms with Crippen LogP contribution in [0.1, 0.15) is 28.0 Å². The minimum atomic E-state index is -2.40. The van der Waals surface area contributed by atoms with E-state index in [2.05, 4.69) is 23.7 Å². The lowest BCUT2D eigenvalue weighted by atomic mass is 10.1. The van der Waals surface area contributed by atoms with Crippen LogP contribution in [0.2, 0.25) is 0 Å². The standard InChI is InChI=1S/C14H15F2NS/c1-10-5-6-18-13(10)9-17-8-11-3-2-4-12(7-11)14(15)16/h2-7,14,17H,8-9H2,1H3. The number of nitrogens with one attached hydrogen (secondary N) is 1. The Morgan fingerprint density at radius 1 is 1.22 bits per heavy atom. The SMILES string of the molecule is Cc1ccsc1CNCc1cccc(C(F)F)c1. The van der Waals surface area contributed by atoms with Crippen molar-refractivity contribution in [1.29, 1.82) is 0 Å². The fourth-order valence-corrected chi connectivity index (χ4v) is 2.62. The maximum absolute atomic E-state index is 12.5. The Kier molecular flexibility index (Phi) is 4.44. The normalized spacial score (nSPS) is 11.1. The van der Waals surface area contributed by atoms with E-state index in [1.54, 1.807) is 23.5 Å². The van der Waals surface area contributed by atoms with Crippen molar-refractivity contribution >= 4 is 11.3 Å². The highest BCUT2D eigenvalue weighted by Crippen LogP contribution is 2.19. The van der Waals surface area contributed by atoms with E-state index in [-0.39, 0.29) is 5.56 Å². The van der Waals surface area contributed by atoms with Crippen molar-refractivity contribution in [3.63, 3.8) is 0 Å². The second kappa shape index (κ2) is 6.07. The number of hydrogen-bond acceptors (Lipinski definition) is 2. The second-order valence-corrected chi connectivity index (χ2v) is 5.18. The first kappa shape index (κ1) is 13.2. The summed E-state index contributed by atoms with van der Waals surface area (Å²) in [6.45, 7) is 3.46. The summed E-state index contributed by atoms with van der Waals surface area (Å²) in [7, 11) is 0. The summed E-state index contributed by atoms with van der Waals surface area (Å²) in [5.41, 5.74) is 2.25. The van der Waals surface area contributed by atoms with E-state index in [0.717, 1.165) is 12.1 Å². The molecule has 0 spiro atoms. The Balaban J connectivity index is 1.90. The molecule has 1 aromatic carbocycles. The summed E-state index contributed by atoms with van der Waals surface area (Å²) >= 11 is 1.71. The lowest BCUT2D eigenvalue weighted by Gasteiger charge is -2.06. The molecule has 0 saturated carbocycles. The first-order chi connectivity index (χ1) is 8.66. The van der Waals surface area contributed by atoms with E-state index < -0.39 is 6.43 Å². The number of hydrogen-bond donors (Lipinski definition) is 1. The molecule has 0 bridgehead atoms. The molecule has 0 amide bonds. The van der Waals surface area contributed by atoms with Crippen LogP contribution in [0.25, 0.3) is 0 Å². The fraction of sp³-hybridized carbons (Fsp3) is 0.286. The first-order valence-corrected chi connectivity index (χ1v) is 6.65. The molecule has 4 heteroatoms. The van der Waals surface area contributed by atoms with Crippen LogP contribution in [0.3, 0.4) is 0 Å². The summed E-state index contributed by atoms with van der Waals surface area (Å²) in [6.07, 6.45) is -2.40. The lowest BCUT2D eigenvalue weighted by molar-refractivity contribution is 0.151. The third-order valence-electron chi connectivity index (χ3n) is 2.79. The van der Waals surface area contributed by atoms with Gasteiger partial charge in [-0.05, 0) is 35.6 Å². The van der Waals surface area contributed by atoms with Crippen LogP contribution in [0.5, 0.6) is 0 Å². The summed E-state index contributed by atoms with van der Waals surface area (Å²) < 4.78 is 25.1. The number of aryl methyl sites for hydroxylation is 1. The van der Waals surface area contributed by atoms with Gasteiger partial charge in [-0.2, -0.15) is 0 Å². The maximum atomic E-state index is 12.5. The number of thiophene rings is 1. The molecule has 1 aromatic heterocycles. The molecule has 0 radical (unpaired) electrons. The van der Waals surface area contributed by atoms with Crippen molar-refractivity contribution in [2.24, 2.45) is 0 Å². The van der Waals surface area contributed by atoms with Gasteiger partial charge in [0.15, 0.2) is 0 Å². The molecule has 0 aliphatic rings. The van der Waals surface area contributed by atoms with Gasteiger partial charge in [0, 0.05) is 23.5 Å². The molecule has 1 N–H and O–H groups in total. The van der Waals surface area contributed by atoms with Gasteiger partial charge in [-0.3, -0.25) is 0 Å². The number of benzene rings is 1. The van der Waals surface area contributed by atoms with Gasteiger partial charge in [0.2, 0.25) is 0 Å². The van der Waals surface area contributed by atoms with Gasteiger partial charge in [-0.1, -0.05) is 18.2 Å². The Morgan fingerprint density at radius 2 is 2.06 bits per heavy atom. The maximum Gasteiger partial charge on any atom is 0.263 e. The quantitative estimate of drug-likeness (QED) is 0.852. The van der Waals surface area contributed by atoms with Gasteiger partial charge in [-0.25, -0.2) is 8.78 Å². The monoisotopic (exact) mass is 267 g/mol. The van der Waals surface area contributed by atoms with Gasteiger partial charge in [0.1, 0.15) is 0 Å². The van der Waals surface area contributed by atoms with Crippen molar-refractivity contribution < 1.29 is 8.78 Å². The molecule has 0 aliphatic carbocycles. The Morgan fingerprint density at radius 3 is 2.72 bits per heavy atom. The molecule has 96 valence electrons. The van der Waals surface area contributed by atoms with E-state index in [1.165, 1.54) is 16.5 Å². The summed E-state index contributed by atoms with van der Waals surface area (Å²) in [4.78, 5) is 1.29. The first-order valence-electron chi connectivity index (χ1n) is 5.77. The minimum absolute atomic E-state index is 0.0848. The topological polar surface area (TPSA) is 12.0 Å². The molecular weight excluding hydrogens is 252 g/mol. The highest BCUT2D eigenvalue weighted by molar-refractivity contribution is 7.10. The third-order valence-corrected chi connectivity index (χ3v) is 3.81. The van der Waals surface area contributed by atoms with Gasteiger partial charge in [-0.15, -0.1) is 11.3 Å². The van der Waals surface area contributed by atoms with Gasteiger partial charge >= 0.3 is 0 Å². The molecule has 2 aromatic rings. The summed E-state index contributed by atoms with van der Waals surface area (Å²) in [5.74, 6) is 0. The largest absolute Gasteiger partial charge is 0.308 e. The number of rotatable bonds is 5. The predicted molar refractivity (Wildman–Crippen MR) is 71.0 cm³/mol. The molecular formula is C14H15F2NS. The van der Waals surface area contributed by atoms with Crippen LogP contribution < -0.4 is 5.32 Å². The van der Waals surface area contributed by atoms with Crippen molar-refractivity contribution in [2.75, 3.05) is 0 Å². The zero-order valence-corrected chi connectivity index (χ0v) is 10.9. The highest BCUT2D eigenvalue weighted by atomic mass is 32.1. The minimum Gasteiger partial charge on any atom is -0.308 e. The van der Waals surface area contributed by atoms with E-state index in [1.807, 2.05) is 6.07 Å².